The van der Waals surface area contributed by atoms with Gasteiger partial charge in [-0.2, -0.15) is 0 Å². The first-order valence-electron chi connectivity index (χ1n) is 10.5. The van der Waals surface area contributed by atoms with Crippen LogP contribution >= 0.6 is 11.6 Å². The summed E-state index contributed by atoms with van der Waals surface area (Å²) in [4.78, 5) is 4.62. The third-order valence-corrected chi connectivity index (χ3v) is 5.11. The molecule has 0 bridgehead atoms. The molecule has 0 aliphatic rings. The van der Waals surface area contributed by atoms with Gasteiger partial charge in [0.15, 0.2) is 5.84 Å². The number of halogens is 1. The monoisotopic (exact) mass is 457 g/mol. The van der Waals surface area contributed by atoms with Gasteiger partial charge in [-0.3, -0.25) is 0 Å². The lowest BCUT2D eigenvalue weighted by atomic mass is 10.1. The summed E-state index contributed by atoms with van der Waals surface area (Å²) in [6.45, 7) is 0.849. The quantitative estimate of drug-likeness (QED) is 0.146. The molecule has 3 N–H and O–H groups in total. The van der Waals surface area contributed by atoms with E-state index in [0.29, 0.717) is 46.8 Å². The summed E-state index contributed by atoms with van der Waals surface area (Å²) in [5.41, 5.74) is 6.20. The summed E-state index contributed by atoms with van der Waals surface area (Å²) in [5, 5.41) is 0.595. The number of hydrogen-bond acceptors (Lipinski definition) is 4. The van der Waals surface area contributed by atoms with Crippen LogP contribution in [0, 0.1) is 0 Å². The zero-order valence-electron chi connectivity index (χ0n) is 17.9. The van der Waals surface area contributed by atoms with E-state index in [1.54, 1.807) is 12.1 Å². The van der Waals surface area contributed by atoms with Crippen LogP contribution in [0.3, 0.4) is 0 Å². The summed E-state index contributed by atoms with van der Waals surface area (Å²) in [7, 11) is 0. The molecule has 4 aromatic carbocycles. The van der Waals surface area contributed by atoms with Crippen LogP contribution in [0.4, 0.5) is 5.69 Å². The van der Waals surface area contributed by atoms with Crippen molar-refractivity contribution in [1.29, 1.82) is 0 Å². The minimum Gasteiger partial charge on any atom is -0.489 e. The van der Waals surface area contributed by atoms with E-state index in [-0.39, 0.29) is 0 Å². The van der Waals surface area contributed by atoms with Crippen molar-refractivity contribution in [3.8, 4) is 11.5 Å². The molecule has 0 aliphatic heterocycles. The summed E-state index contributed by atoms with van der Waals surface area (Å²) in [5.74, 6) is 7.58. The Morgan fingerprint density at radius 1 is 0.758 bits per heavy atom. The molecule has 0 atom stereocenters. The van der Waals surface area contributed by atoms with E-state index < -0.39 is 0 Å². The first-order valence-corrected chi connectivity index (χ1v) is 10.9. The third-order valence-electron chi connectivity index (χ3n) is 4.88. The molecule has 5 nitrogen and oxygen atoms in total. The fourth-order valence-electron chi connectivity index (χ4n) is 3.23. The van der Waals surface area contributed by atoms with Gasteiger partial charge in [-0.1, -0.05) is 78.3 Å². The summed E-state index contributed by atoms with van der Waals surface area (Å²) < 4.78 is 12.2. The number of amidine groups is 1. The van der Waals surface area contributed by atoms with E-state index in [4.69, 9.17) is 26.9 Å². The molecule has 0 fully saturated rings. The second-order valence-electron chi connectivity index (χ2n) is 7.29. The maximum atomic E-state index is 6.18. The highest BCUT2D eigenvalue weighted by Crippen LogP contribution is 2.28. The first-order chi connectivity index (χ1) is 16.2. The highest BCUT2D eigenvalue weighted by Gasteiger charge is 2.13. The van der Waals surface area contributed by atoms with Crippen LogP contribution in [0.25, 0.3) is 0 Å². The molecule has 0 unspecified atom stereocenters. The average Bonchev–Trinajstić information content (AvgIpc) is 2.86. The Morgan fingerprint density at radius 3 is 2.06 bits per heavy atom. The maximum Gasteiger partial charge on any atom is 0.151 e. The van der Waals surface area contributed by atoms with Crippen LogP contribution in [0.15, 0.2) is 108 Å². The Labute approximate surface area is 198 Å². The van der Waals surface area contributed by atoms with Crippen LogP contribution < -0.4 is 20.7 Å². The van der Waals surface area contributed by atoms with Gasteiger partial charge in [0.25, 0.3) is 0 Å². The molecule has 0 radical (unpaired) electrons. The summed E-state index contributed by atoms with van der Waals surface area (Å²) in [6, 6.07) is 32.8. The molecule has 0 saturated carbocycles. The minimum atomic E-state index is 0.394. The van der Waals surface area contributed by atoms with Crippen molar-refractivity contribution in [2.45, 2.75) is 13.2 Å². The van der Waals surface area contributed by atoms with E-state index in [1.165, 1.54) is 0 Å². The fraction of sp³-hybridized carbons (Fsp3) is 0.0741. The Hall–Kier alpha value is -3.80. The van der Waals surface area contributed by atoms with Crippen molar-refractivity contribution in [2.75, 3.05) is 0 Å². The van der Waals surface area contributed by atoms with E-state index in [9.17, 15) is 0 Å². The molecule has 0 saturated heterocycles. The van der Waals surface area contributed by atoms with Crippen LogP contribution in [-0.2, 0) is 13.2 Å². The Balaban J connectivity index is 1.63. The van der Waals surface area contributed by atoms with Gasteiger partial charge in [0, 0.05) is 11.1 Å². The van der Waals surface area contributed by atoms with Gasteiger partial charge in [-0.05, 0) is 41.5 Å². The standard InChI is InChI=1S/C27H24ClN3O2/c28-22-12-7-13-23(16-22)30-27(31-29)25-15-14-24(32-18-20-8-3-1-4-9-20)17-26(25)33-19-21-10-5-2-6-11-21/h1-17H,18-19,29H2,(H,30,31). The molecule has 166 valence electrons. The van der Waals surface area contributed by atoms with Gasteiger partial charge in [-0.15, -0.1) is 0 Å². The number of rotatable bonds is 8. The maximum absolute atomic E-state index is 6.18. The highest BCUT2D eigenvalue weighted by atomic mass is 35.5. The number of hydrogen-bond donors (Lipinski definition) is 2. The topological polar surface area (TPSA) is 68.9 Å². The van der Waals surface area contributed by atoms with Gasteiger partial charge < -0.3 is 14.9 Å². The largest absolute Gasteiger partial charge is 0.489 e. The van der Waals surface area contributed by atoms with Crippen LogP contribution in [0.2, 0.25) is 5.02 Å². The Bertz CT molecular complexity index is 1210. The molecule has 0 amide bonds. The third kappa shape index (κ3) is 6.35. The van der Waals surface area contributed by atoms with Gasteiger partial charge in [0.2, 0.25) is 0 Å². The molecule has 0 aromatic heterocycles. The highest BCUT2D eigenvalue weighted by molar-refractivity contribution is 6.30. The summed E-state index contributed by atoms with van der Waals surface area (Å²) in [6.07, 6.45) is 0. The Kier molecular flexibility index (Phi) is 7.59. The van der Waals surface area contributed by atoms with Gasteiger partial charge >= 0.3 is 0 Å². The van der Waals surface area contributed by atoms with Gasteiger partial charge in [0.05, 0.1) is 11.3 Å². The smallest absolute Gasteiger partial charge is 0.151 e. The van der Waals surface area contributed by atoms with Gasteiger partial charge in [0.1, 0.15) is 24.7 Å². The molecule has 0 aliphatic carbocycles. The van der Waals surface area contributed by atoms with E-state index >= 15 is 0 Å². The second kappa shape index (κ2) is 11.2. The van der Waals surface area contributed by atoms with Crippen molar-refractivity contribution in [3.05, 3.63) is 125 Å². The van der Waals surface area contributed by atoms with Crippen LogP contribution in [0.5, 0.6) is 11.5 Å². The zero-order valence-corrected chi connectivity index (χ0v) is 18.7. The van der Waals surface area contributed by atoms with Crippen molar-refractivity contribution >= 4 is 23.1 Å². The van der Waals surface area contributed by atoms with Crippen molar-refractivity contribution in [2.24, 2.45) is 10.8 Å². The van der Waals surface area contributed by atoms with Crippen molar-refractivity contribution in [3.63, 3.8) is 0 Å². The zero-order chi connectivity index (χ0) is 22.9. The van der Waals surface area contributed by atoms with Crippen LogP contribution in [0.1, 0.15) is 16.7 Å². The lowest BCUT2D eigenvalue weighted by molar-refractivity contribution is 0.289. The fourth-order valence-corrected chi connectivity index (χ4v) is 3.41. The predicted molar refractivity (Wildman–Crippen MR) is 133 cm³/mol. The molecule has 4 rings (SSSR count). The van der Waals surface area contributed by atoms with Crippen LogP contribution in [-0.4, -0.2) is 5.84 Å². The minimum absolute atomic E-state index is 0.394. The molecule has 0 spiro atoms. The average molecular weight is 458 g/mol. The van der Waals surface area contributed by atoms with E-state index in [0.717, 1.165) is 11.1 Å². The first kappa shape index (κ1) is 22.4. The number of hydrazine groups is 1. The van der Waals surface area contributed by atoms with E-state index in [1.807, 2.05) is 91.0 Å². The normalized spacial score (nSPS) is 11.2. The number of nitrogens with two attached hydrogens (primary N) is 1. The van der Waals surface area contributed by atoms with Crippen molar-refractivity contribution < 1.29 is 9.47 Å². The Morgan fingerprint density at radius 2 is 1.42 bits per heavy atom. The molecule has 6 heteroatoms. The number of benzene rings is 4. The predicted octanol–water partition coefficient (Wildman–Crippen LogP) is 6.04. The van der Waals surface area contributed by atoms with Gasteiger partial charge in [-0.25, -0.2) is 10.8 Å². The number of ether oxygens (including phenoxy) is 2. The molecular formula is C27H24ClN3O2. The number of nitrogens with zero attached hydrogens (tertiary/aromatic N) is 1. The molecule has 4 aromatic rings. The number of nitrogens with one attached hydrogen (secondary N) is 1. The molecule has 0 heterocycles. The van der Waals surface area contributed by atoms with E-state index in [2.05, 4.69) is 10.4 Å². The lowest BCUT2D eigenvalue weighted by Gasteiger charge is -2.15. The summed E-state index contributed by atoms with van der Waals surface area (Å²) >= 11 is 6.11. The number of aliphatic imine (C=N–C) groups is 1. The lowest BCUT2D eigenvalue weighted by Crippen LogP contribution is -2.31. The molecule has 33 heavy (non-hydrogen) atoms. The SMILES string of the molecule is NNC(=Nc1cccc(Cl)c1)c1ccc(OCc2ccccc2)cc1OCc1ccccc1. The van der Waals surface area contributed by atoms with Crippen molar-refractivity contribution in [1.82, 2.24) is 5.43 Å². The molecular weight excluding hydrogens is 434 g/mol. The second-order valence-corrected chi connectivity index (χ2v) is 7.73.